The first-order valence-corrected chi connectivity index (χ1v) is 11.5. The van der Waals surface area contributed by atoms with Crippen molar-refractivity contribution in [2.75, 3.05) is 13.7 Å². The van der Waals surface area contributed by atoms with Gasteiger partial charge in [0.25, 0.3) is 0 Å². The Kier molecular flexibility index (Phi) is 5.61. The SMILES string of the molecule is COc1ccc(F)cc1S(=O)(=O)N1CCc2c(c(-c3ncc(C)o3)nn2CC(C)C)C1. The first kappa shape index (κ1) is 21.5. The number of halogens is 1. The first-order chi connectivity index (χ1) is 14.7. The van der Waals surface area contributed by atoms with Gasteiger partial charge in [0, 0.05) is 37.3 Å². The van der Waals surface area contributed by atoms with Gasteiger partial charge in [0.15, 0.2) is 5.69 Å². The minimum absolute atomic E-state index is 0.0895. The number of methoxy groups -OCH3 is 1. The van der Waals surface area contributed by atoms with E-state index in [-0.39, 0.29) is 23.7 Å². The topological polar surface area (TPSA) is 90.5 Å². The van der Waals surface area contributed by atoms with Crippen LogP contribution in [0.4, 0.5) is 4.39 Å². The molecule has 0 fully saturated rings. The first-order valence-electron chi connectivity index (χ1n) is 10.1. The molecule has 0 radical (unpaired) electrons. The number of sulfonamides is 1. The van der Waals surface area contributed by atoms with Gasteiger partial charge in [-0.05, 0) is 31.0 Å². The number of fused-ring (bicyclic) bond motifs is 1. The molecule has 3 aromatic rings. The Labute approximate surface area is 180 Å². The molecule has 1 aromatic carbocycles. The molecule has 0 atom stereocenters. The molecule has 10 heteroatoms. The van der Waals surface area contributed by atoms with E-state index in [0.717, 1.165) is 17.3 Å². The third kappa shape index (κ3) is 3.97. The Morgan fingerprint density at radius 3 is 2.74 bits per heavy atom. The van der Waals surface area contributed by atoms with E-state index in [1.54, 1.807) is 13.1 Å². The molecular weight excluding hydrogens is 423 g/mol. The van der Waals surface area contributed by atoms with Crippen molar-refractivity contribution in [3.05, 3.63) is 47.2 Å². The van der Waals surface area contributed by atoms with Gasteiger partial charge in [0.2, 0.25) is 15.9 Å². The van der Waals surface area contributed by atoms with E-state index in [1.807, 2.05) is 4.68 Å². The molecular formula is C21H25FN4O4S. The minimum Gasteiger partial charge on any atom is -0.495 e. The zero-order valence-corrected chi connectivity index (χ0v) is 18.7. The average Bonchev–Trinajstić information content (AvgIpc) is 3.30. The van der Waals surface area contributed by atoms with Gasteiger partial charge < -0.3 is 9.15 Å². The van der Waals surface area contributed by atoms with Crippen LogP contribution in [0.3, 0.4) is 0 Å². The third-order valence-electron chi connectivity index (χ3n) is 5.20. The lowest BCUT2D eigenvalue weighted by atomic mass is 10.1. The molecule has 0 saturated carbocycles. The molecule has 0 N–H and O–H groups in total. The second kappa shape index (κ2) is 8.08. The van der Waals surface area contributed by atoms with Crippen molar-refractivity contribution in [3.63, 3.8) is 0 Å². The molecule has 8 nitrogen and oxygen atoms in total. The van der Waals surface area contributed by atoms with E-state index in [0.29, 0.717) is 36.2 Å². The largest absolute Gasteiger partial charge is 0.495 e. The molecule has 1 aliphatic heterocycles. The lowest BCUT2D eigenvalue weighted by Gasteiger charge is -2.27. The summed E-state index contributed by atoms with van der Waals surface area (Å²) in [5.41, 5.74) is 2.26. The van der Waals surface area contributed by atoms with Crippen LogP contribution in [0.1, 0.15) is 30.9 Å². The van der Waals surface area contributed by atoms with Crippen molar-refractivity contribution in [1.29, 1.82) is 0 Å². The molecule has 2 aromatic heterocycles. The van der Waals surface area contributed by atoms with Gasteiger partial charge in [-0.3, -0.25) is 4.68 Å². The highest BCUT2D eigenvalue weighted by atomic mass is 32.2. The highest BCUT2D eigenvalue weighted by Gasteiger charge is 2.35. The van der Waals surface area contributed by atoms with E-state index >= 15 is 0 Å². The van der Waals surface area contributed by atoms with E-state index in [2.05, 4.69) is 18.8 Å². The third-order valence-corrected chi connectivity index (χ3v) is 7.07. The molecule has 3 heterocycles. The number of ether oxygens (including phenoxy) is 1. The van der Waals surface area contributed by atoms with E-state index in [1.165, 1.54) is 23.5 Å². The molecule has 0 saturated heterocycles. The number of hydrogen-bond acceptors (Lipinski definition) is 6. The highest BCUT2D eigenvalue weighted by Crippen LogP contribution is 2.34. The van der Waals surface area contributed by atoms with Crippen LogP contribution in [0.5, 0.6) is 5.75 Å². The average molecular weight is 449 g/mol. The molecule has 31 heavy (non-hydrogen) atoms. The number of aromatic nitrogens is 3. The predicted octanol–water partition coefficient (Wildman–Crippen LogP) is 3.40. The van der Waals surface area contributed by atoms with Crippen LogP contribution in [-0.4, -0.2) is 41.1 Å². The lowest BCUT2D eigenvalue weighted by Crippen LogP contribution is -2.36. The summed E-state index contributed by atoms with van der Waals surface area (Å²) in [7, 11) is -2.64. The molecule has 4 rings (SSSR count). The van der Waals surface area contributed by atoms with Crippen LogP contribution >= 0.6 is 0 Å². The summed E-state index contributed by atoms with van der Waals surface area (Å²) < 4.78 is 54.7. The standard InChI is InChI=1S/C21H25FN4O4S/c1-13(2)11-26-17-7-8-25(12-16(17)20(24-26)21-23-10-14(3)30-21)31(27,28)19-9-15(22)5-6-18(19)29-4/h5-6,9-10,13H,7-8,11-12H2,1-4H3. The summed E-state index contributed by atoms with van der Waals surface area (Å²) in [6.07, 6.45) is 2.09. The fourth-order valence-corrected chi connectivity index (χ4v) is 5.37. The van der Waals surface area contributed by atoms with Crippen LogP contribution in [0.15, 0.2) is 33.7 Å². The zero-order chi connectivity index (χ0) is 22.3. The molecule has 1 aliphatic rings. The summed E-state index contributed by atoms with van der Waals surface area (Å²) in [6.45, 7) is 7.03. The number of nitrogens with zero attached hydrogens (tertiary/aromatic N) is 4. The Balaban J connectivity index is 1.77. The highest BCUT2D eigenvalue weighted by molar-refractivity contribution is 7.89. The van der Waals surface area contributed by atoms with Crippen LogP contribution in [0.25, 0.3) is 11.6 Å². The second-order valence-corrected chi connectivity index (χ2v) is 9.92. The summed E-state index contributed by atoms with van der Waals surface area (Å²) >= 11 is 0. The van der Waals surface area contributed by atoms with Gasteiger partial charge in [-0.15, -0.1) is 0 Å². The smallest absolute Gasteiger partial charge is 0.247 e. The maximum Gasteiger partial charge on any atom is 0.247 e. The number of rotatable bonds is 6. The van der Waals surface area contributed by atoms with Crippen LogP contribution < -0.4 is 4.74 Å². The molecule has 0 amide bonds. The Morgan fingerprint density at radius 1 is 1.32 bits per heavy atom. The molecule has 0 aliphatic carbocycles. The van der Waals surface area contributed by atoms with Gasteiger partial charge in [-0.2, -0.15) is 9.40 Å². The number of aryl methyl sites for hydroxylation is 1. The normalized spacial score (nSPS) is 14.8. The lowest BCUT2D eigenvalue weighted by molar-refractivity contribution is 0.368. The van der Waals surface area contributed by atoms with E-state index in [4.69, 9.17) is 14.3 Å². The Morgan fingerprint density at radius 2 is 2.10 bits per heavy atom. The van der Waals surface area contributed by atoms with Crippen molar-refractivity contribution >= 4 is 10.0 Å². The zero-order valence-electron chi connectivity index (χ0n) is 17.9. The maximum absolute atomic E-state index is 13.9. The van der Waals surface area contributed by atoms with Gasteiger partial charge in [-0.25, -0.2) is 17.8 Å². The van der Waals surface area contributed by atoms with Crippen LogP contribution in [0.2, 0.25) is 0 Å². The van der Waals surface area contributed by atoms with Crippen molar-refractivity contribution in [1.82, 2.24) is 19.1 Å². The quantitative estimate of drug-likeness (QED) is 0.574. The van der Waals surface area contributed by atoms with Crippen molar-refractivity contribution in [3.8, 4) is 17.3 Å². The van der Waals surface area contributed by atoms with Crippen LogP contribution in [0, 0.1) is 18.7 Å². The summed E-state index contributed by atoms with van der Waals surface area (Å²) in [4.78, 5) is 4.10. The Hall–Kier alpha value is -2.72. The number of hydrogen-bond donors (Lipinski definition) is 0. The monoisotopic (exact) mass is 448 g/mol. The van der Waals surface area contributed by atoms with Crippen molar-refractivity contribution in [2.45, 2.75) is 45.2 Å². The molecule has 0 spiro atoms. The van der Waals surface area contributed by atoms with Gasteiger partial charge in [-0.1, -0.05) is 13.8 Å². The summed E-state index contributed by atoms with van der Waals surface area (Å²) in [5, 5.41) is 4.71. The second-order valence-electron chi connectivity index (χ2n) is 8.01. The maximum atomic E-state index is 13.9. The van der Waals surface area contributed by atoms with Crippen molar-refractivity contribution in [2.24, 2.45) is 5.92 Å². The van der Waals surface area contributed by atoms with Crippen molar-refractivity contribution < 1.29 is 22.0 Å². The van der Waals surface area contributed by atoms with Gasteiger partial charge in [0.1, 0.15) is 22.2 Å². The Bertz CT molecular complexity index is 1220. The van der Waals surface area contributed by atoms with E-state index < -0.39 is 15.8 Å². The summed E-state index contributed by atoms with van der Waals surface area (Å²) in [6, 6.07) is 3.48. The van der Waals surface area contributed by atoms with Gasteiger partial charge in [0.05, 0.1) is 13.3 Å². The molecule has 166 valence electrons. The number of oxazole rings is 1. The molecule has 0 unspecified atom stereocenters. The predicted molar refractivity (Wildman–Crippen MR) is 112 cm³/mol. The number of benzene rings is 1. The minimum atomic E-state index is -4.00. The molecule has 0 bridgehead atoms. The van der Waals surface area contributed by atoms with Crippen LogP contribution in [-0.2, 0) is 29.5 Å². The fourth-order valence-electron chi connectivity index (χ4n) is 3.80. The van der Waals surface area contributed by atoms with Gasteiger partial charge >= 0.3 is 0 Å². The van der Waals surface area contributed by atoms with E-state index in [9.17, 15) is 12.8 Å². The fraction of sp³-hybridized carbons (Fsp3) is 0.429. The summed E-state index contributed by atoms with van der Waals surface area (Å²) in [5.74, 6) is 0.830.